The van der Waals surface area contributed by atoms with Crippen LogP contribution in [0.5, 0.6) is 0 Å². The van der Waals surface area contributed by atoms with E-state index in [2.05, 4.69) is 10.5 Å². The Labute approximate surface area is 105 Å². The van der Waals surface area contributed by atoms with Gasteiger partial charge in [0, 0.05) is 5.92 Å². The summed E-state index contributed by atoms with van der Waals surface area (Å²) < 4.78 is 0. The van der Waals surface area contributed by atoms with Gasteiger partial charge in [0.2, 0.25) is 5.91 Å². The van der Waals surface area contributed by atoms with Gasteiger partial charge in [0.25, 0.3) is 0 Å². The van der Waals surface area contributed by atoms with Crippen molar-refractivity contribution in [3.63, 3.8) is 0 Å². The van der Waals surface area contributed by atoms with Crippen molar-refractivity contribution in [1.29, 1.82) is 0 Å². The summed E-state index contributed by atoms with van der Waals surface area (Å²) in [6.45, 7) is 0. The summed E-state index contributed by atoms with van der Waals surface area (Å²) in [5.74, 6) is 0.134. The van der Waals surface area contributed by atoms with Gasteiger partial charge in [-0.25, -0.2) is 5.43 Å². The van der Waals surface area contributed by atoms with Crippen molar-refractivity contribution in [3.05, 3.63) is 40.9 Å². The fraction of sp³-hybridized carbons (Fsp3) is 0.231. The Kier molecular flexibility index (Phi) is 3.94. The van der Waals surface area contributed by atoms with Crippen LogP contribution in [0.4, 0.5) is 0 Å². The molecule has 1 saturated carbocycles. The second-order valence-electron chi connectivity index (χ2n) is 3.95. The number of amides is 1. The van der Waals surface area contributed by atoms with Gasteiger partial charge in [-0.3, -0.25) is 4.79 Å². The molecule has 0 saturated heterocycles. The summed E-state index contributed by atoms with van der Waals surface area (Å²) in [5, 5.41) is 4.28. The number of allylic oxidation sites excluding steroid dienone is 1. The Bertz CT molecular complexity index is 450. The number of benzene rings is 1. The quantitative estimate of drug-likeness (QED) is 0.646. The summed E-state index contributed by atoms with van der Waals surface area (Å²) in [6.07, 6.45) is 5.16. The third-order valence-corrected chi connectivity index (χ3v) is 2.62. The van der Waals surface area contributed by atoms with E-state index in [0.29, 0.717) is 5.03 Å². The first kappa shape index (κ1) is 11.9. The SMILES string of the molecule is O=C(N/N=C/C(Cl)=C/c1ccccc1)C1CC1. The van der Waals surface area contributed by atoms with Crippen molar-refractivity contribution < 1.29 is 4.79 Å². The van der Waals surface area contributed by atoms with Crippen molar-refractivity contribution in [2.24, 2.45) is 11.0 Å². The predicted molar refractivity (Wildman–Crippen MR) is 69.6 cm³/mol. The van der Waals surface area contributed by atoms with Gasteiger partial charge in [-0.15, -0.1) is 0 Å². The molecular weight excluding hydrogens is 236 g/mol. The first-order chi connectivity index (χ1) is 8.25. The van der Waals surface area contributed by atoms with E-state index < -0.39 is 0 Å². The van der Waals surface area contributed by atoms with Crippen LogP contribution in [0.3, 0.4) is 0 Å². The van der Waals surface area contributed by atoms with Gasteiger partial charge >= 0.3 is 0 Å². The zero-order chi connectivity index (χ0) is 12.1. The van der Waals surface area contributed by atoms with E-state index in [9.17, 15) is 4.79 Å². The molecule has 4 heteroatoms. The summed E-state index contributed by atoms with van der Waals surface area (Å²) in [7, 11) is 0. The van der Waals surface area contributed by atoms with Crippen LogP contribution in [0.1, 0.15) is 18.4 Å². The van der Waals surface area contributed by atoms with Crippen molar-refractivity contribution in [2.45, 2.75) is 12.8 Å². The number of nitrogens with one attached hydrogen (secondary N) is 1. The predicted octanol–water partition coefficient (Wildman–Crippen LogP) is 2.78. The third-order valence-electron chi connectivity index (χ3n) is 2.41. The highest BCUT2D eigenvalue weighted by Crippen LogP contribution is 2.28. The van der Waals surface area contributed by atoms with E-state index in [0.717, 1.165) is 18.4 Å². The van der Waals surface area contributed by atoms with E-state index in [1.54, 1.807) is 6.08 Å². The normalized spacial score (nSPS) is 16.2. The molecule has 1 aromatic carbocycles. The van der Waals surface area contributed by atoms with Crippen LogP contribution in [-0.2, 0) is 4.79 Å². The van der Waals surface area contributed by atoms with Gasteiger partial charge in [0.1, 0.15) is 0 Å². The molecule has 17 heavy (non-hydrogen) atoms. The highest BCUT2D eigenvalue weighted by Gasteiger charge is 2.29. The molecule has 2 rings (SSSR count). The molecule has 0 bridgehead atoms. The number of hydrazone groups is 1. The van der Waals surface area contributed by atoms with Crippen LogP contribution < -0.4 is 5.43 Å². The second kappa shape index (κ2) is 5.64. The monoisotopic (exact) mass is 248 g/mol. The first-order valence-corrected chi connectivity index (χ1v) is 5.88. The standard InChI is InChI=1S/C13H13ClN2O/c14-12(8-10-4-2-1-3-5-10)9-15-16-13(17)11-6-7-11/h1-5,8-9,11H,6-7H2,(H,16,17)/b12-8-,15-9+. The number of nitrogens with zero attached hydrogens (tertiary/aromatic N) is 1. The molecule has 0 radical (unpaired) electrons. The van der Waals surface area contributed by atoms with Crippen LogP contribution in [0.25, 0.3) is 6.08 Å². The first-order valence-electron chi connectivity index (χ1n) is 5.51. The Balaban J connectivity index is 1.87. The number of hydrogen-bond acceptors (Lipinski definition) is 2. The lowest BCUT2D eigenvalue weighted by Crippen LogP contribution is -2.18. The average Bonchev–Trinajstić information content (AvgIpc) is 3.14. The average molecular weight is 249 g/mol. The molecule has 0 aliphatic heterocycles. The molecule has 1 aliphatic carbocycles. The van der Waals surface area contributed by atoms with Crippen LogP contribution in [-0.4, -0.2) is 12.1 Å². The molecule has 1 aromatic rings. The number of hydrogen-bond donors (Lipinski definition) is 1. The van der Waals surface area contributed by atoms with E-state index in [1.807, 2.05) is 30.3 Å². The lowest BCUT2D eigenvalue weighted by Gasteiger charge is -1.95. The summed E-state index contributed by atoms with van der Waals surface area (Å²) in [6, 6.07) is 9.69. The third kappa shape index (κ3) is 4.04. The molecule has 1 N–H and O–H groups in total. The summed E-state index contributed by atoms with van der Waals surface area (Å²) in [4.78, 5) is 11.3. The van der Waals surface area contributed by atoms with E-state index in [1.165, 1.54) is 6.21 Å². The van der Waals surface area contributed by atoms with Gasteiger partial charge in [-0.1, -0.05) is 41.9 Å². The Hall–Kier alpha value is -1.61. The van der Waals surface area contributed by atoms with Gasteiger partial charge in [0.05, 0.1) is 11.2 Å². The van der Waals surface area contributed by atoms with Crippen LogP contribution in [0, 0.1) is 5.92 Å². The largest absolute Gasteiger partial charge is 0.273 e. The van der Waals surface area contributed by atoms with Gasteiger partial charge in [-0.05, 0) is 24.5 Å². The molecule has 0 atom stereocenters. The number of rotatable bonds is 4. The molecule has 0 unspecified atom stereocenters. The van der Waals surface area contributed by atoms with Crippen molar-refractivity contribution >= 4 is 29.8 Å². The lowest BCUT2D eigenvalue weighted by molar-refractivity contribution is -0.122. The van der Waals surface area contributed by atoms with E-state index in [4.69, 9.17) is 11.6 Å². The zero-order valence-electron chi connectivity index (χ0n) is 9.27. The van der Waals surface area contributed by atoms with Crippen molar-refractivity contribution in [1.82, 2.24) is 5.43 Å². The lowest BCUT2D eigenvalue weighted by atomic mass is 10.2. The molecule has 3 nitrogen and oxygen atoms in total. The van der Waals surface area contributed by atoms with Gasteiger partial charge in [0.15, 0.2) is 0 Å². The maximum Gasteiger partial charge on any atom is 0.243 e. The van der Waals surface area contributed by atoms with Gasteiger partial charge in [-0.2, -0.15) is 5.10 Å². The second-order valence-corrected chi connectivity index (χ2v) is 4.38. The summed E-state index contributed by atoms with van der Waals surface area (Å²) in [5.41, 5.74) is 3.46. The molecule has 88 valence electrons. The van der Waals surface area contributed by atoms with E-state index >= 15 is 0 Å². The van der Waals surface area contributed by atoms with E-state index in [-0.39, 0.29) is 11.8 Å². The van der Waals surface area contributed by atoms with Crippen LogP contribution in [0.2, 0.25) is 0 Å². The molecule has 1 aliphatic rings. The Morgan fingerprint density at radius 3 is 2.71 bits per heavy atom. The molecule has 0 heterocycles. The number of halogens is 1. The minimum Gasteiger partial charge on any atom is -0.273 e. The fourth-order valence-corrected chi connectivity index (χ4v) is 1.51. The van der Waals surface area contributed by atoms with Crippen LogP contribution in [0.15, 0.2) is 40.5 Å². The topological polar surface area (TPSA) is 41.5 Å². The maximum absolute atomic E-state index is 11.3. The molecule has 0 spiro atoms. The minimum absolute atomic E-state index is 0.0228. The van der Waals surface area contributed by atoms with Crippen molar-refractivity contribution in [2.75, 3.05) is 0 Å². The molecular formula is C13H13ClN2O. The number of carbonyl (C=O) groups excluding carboxylic acids is 1. The number of carbonyl (C=O) groups is 1. The highest BCUT2D eigenvalue weighted by molar-refractivity contribution is 6.41. The van der Waals surface area contributed by atoms with Crippen molar-refractivity contribution in [3.8, 4) is 0 Å². The molecule has 0 aromatic heterocycles. The zero-order valence-corrected chi connectivity index (χ0v) is 10.0. The minimum atomic E-state index is -0.0228. The Morgan fingerprint density at radius 1 is 1.35 bits per heavy atom. The Morgan fingerprint density at radius 2 is 2.06 bits per heavy atom. The fourth-order valence-electron chi connectivity index (χ4n) is 1.34. The molecule has 1 amide bonds. The smallest absolute Gasteiger partial charge is 0.243 e. The molecule has 1 fully saturated rings. The maximum atomic E-state index is 11.3. The van der Waals surface area contributed by atoms with Crippen LogP contribution >= 0.6 is 11.6 Å². The summed E-state index contributed by atoms with van der Waals surface area (Å²) >= 11 is 5.95. The van der Waals surface area contributed by atoms with Gasteiger partial charge < -0.3 is 0 Å². The highest BCUT2D eigenvalue weighted by atomic mass is 35.5.